The van der Waals surface area contributed by atoms with Crippen LogP contribution in [-0.4, -0.2) is 48.8 Å². The molecule has 1 aliphatic heterocycles. The molecule has 0 radical (unpaired) electrons. The van der Waals surface area contributed by atoms with Crippen molar-refractivity contribution in [1.82, 2.24) is 10.2 Å². The van der Waals surface area contributed by atoms with E-state index in [0.29, 0.717) is 0 Å². The molecule has 108 valence electrons. The van der Waals surface area contributed by atoms with Gasteiger partial charge in [-0.2, -0.15) is 0 Å². The maximum atomic E-state index is 5.73. The lowest BCUT2D eigenvalue weighted by molar-refractivity contribution is -0.0861. The van der Waals surface area contributed by atoms with Crippen molar-refractivity contribution < 1.29 is 4.74 Å². The van der Waals surface area contributed by atoms with E-state index in [9.17, 15) is 0 Å². The summed E-state index contributed by atoms with van der Waals surface area (Å²) in [6.07, 6.45) is 3.91. The van der Waals surface area contributed by atoms with Gasteiger partial charge in [-0.25, -0.2) is 0 Å². The van der Waals surface area contributed by atoms with Crippen LogP contribution in [0.1, 0.15) is 53.9 Å². The van der Waals surface area contributed by atoms with Crippen molar-refractivity contribution in [3.8, 4) is 0 Å². The first-order chi connectivity index (χ1) is 8.29. The van der Waals surface area contributed by atoms with Crippen LogP contribution in [0, 0.1) is 0 Å². The Labute approximate surface area is 113 Å². The Morgan fingerprint density at radius 2 is 1.89 bits per heavy atom. The molecule has 3 nitrogen and oxygen atoms in total. The quantitative estimate of drug-likeness (QED) is 0.740. The molecule has 0 aromatic heterocycles. The van der Waals surface area contributed by atoms with Crippen LogP contribution in [-0.2, 0) is 4.74 Å². The SMILES string of the molecule is CC(C)(C)NCCCCCN1CCOC(C)(C)C1. The fourth-order valence-electron chi connectivity index (χ4n) is 2.41. The maximum absolute atomic E-state index is 5.73. The number of nitrogens with zero attached hydrogens (tertiary/aromatic N) is 1. The van der Waals surface area contributed by atoms with Crippen LogP contribution >= 0.6 is 0 Å². The Hall–Kier alpha value is -0.120. The highest BCUT2D eigenvalue weighted by atomic mass is 16.5. The van der Waals surface area contributed by atoms with Gasteiger partial charge in [-0.3, -0.25) is 4.90 Å². The van der Waals surface area contributed by atoms with Gasteiger partial charge in [0.1, 0.15) is 0 Å². The molecule has 0 aromatic rings. The Bertz CT molecular complexity index is 233. The summed E-state index contributed by atoms with van der Waals surface area (Å²) in [5, 5.41) is 3.54. The molecule has 0 aromatic carbocycles. The average Bonchev–Trinajstić information content (AvgIpc) is 2.20. The maximum Gasteiger partial charge on any atom is 0.0753 e. The zero-order valence-electron chi connectivity index (χ0n) is 13.0. The number of nitrogens with one attached hydrogen (secondary N) is 1. The van der Waals surface area contributed by atoms with Gasteiger partial charge in [0.2, 0.25) is 0 Å². The minimum atomic E-state index is 0.0477. The van der Waals surface area contributed by atoms with Gasteiger partial charge in [-0.1, -0.05) is 6.42 Å². The summed E-state index contributed by atoms with van der Waals surface area (Å²) in [4.78, 5) is 2.54. The minimum Gasteiger partial charge on any atom is -0.373 e. The summed E-state index contributed by atoms with van der Waals surface area (Å²) in [5.74, 6) is 0. The number of ether oxygens (including phenoxy) is 1. The number of morpholine rings is 1. The summed E-state index contributed by atoms with van der Waals surface area (Å²) in [7, 11) is 0. The number of hydrogen-bond donors (Lipinski definition) is 1. The molecular weight excluding hydrogens is 224 g/mol. The zero-order chi connectivity index (χ0) is 13.6. The molecule has 1 fully saturated rings. The van der Waals surface area contributed by atoms with Crippen molar-refractivity contribution in [3.63, 3.8) is 0 Å². The molecule has 0 atom stereocenters. The molecule has 0 bridgehead atoms. The topological polar surface area (TPSA) is 24.5 Å². The summed E-state index contributed by atoms with van der Waals surface area (Å²) in [6.45, 7) is 16.5. The number of hydrogen-bond acceptors (Lipinski definition) is 3. The molecule has 0 saturated carbocycles. The Morgan fingerprint density at radius 1 is 1.17 bits per heavy atom. The second-order valence-electron chi connectivity index (χ2n) is 7.12. The summed E-state index contributed by atoms with van der Waals surface area (Å²) < 4.78 is 5.73. The smallest absolute Gasteiger partial charge is 0.0753 e. The van der Waals surface area contributed by atoms with Crippen LogP contribution < -0.4 is 5.32 Å². The Balaban J connectivity index is 2.01. The van der Waals surface area contributed by atoms with Gasteiger partial charge in [-0.15, -0.1) is 0 Å². The fourth-order valence-corrected chi connectivity index (χ4v) is 2.41. The van der Waals surface area contributed by atoms with Gasteiger partial charge in [-0.05, 0) is 60.5 Å². The standard InChI is InChI=1S/C15H32N2O/c1-14(2,3)16-9-7-6-8-10-17-11-12-18-15(4,5)13-17/h16H,6-13H2,1-5H3. The van der Waals surface area contributed by atoms with Crippen LogP contribution in [0.15, 0.2) is 0 Å². The van der Waals surface area contributed by atoms with Crippen LogP contribution in [0.4, 0.5) is 0 Å². The molecule has 1 N–H and O–H groups in total. The predicted molar refractivity (Wildman–Crippen MR) is 78.1 cm³/mol. The van der Waals surface area contributed by atoms with Gasteiger partial charge in [0.15, 0.2) is 0 Å². The predicted octanol–water partition coefficient (Wildman–Crippen LogP) is 2.66. The van der Waals surface area contributed by atoms with Crippen LogP contribution in [0.3, 0.4) is 0 Å². The second kappa shape index (κ2) is 6.88. The van der Waals surface area contributed by atoms with Crippen molar-refractivity contribution in [2.75, 3.05) is 32.8 Å². The molecule has 1 heterocycles. The molecule has 0 unspecified atom stereocenters. The summed E-state index contributed by atoms with van der Waals surface area (Å²) in [5.41, 5.74) is 0.306. The van der Waals surface area contributed by atoms with Crippen LogP contribution in [0.5, 0.6) is 0 Å². The Morgan fingerprint density at radius 3 is 2.50 bits per heavy atom. The average molecular weight is 256 g/mol. The van der Waals surface area contributed by atoms with E-state index in [4.69, 9.17) is 4.74 Å². The largest absolute Gasteiger partial charge is 0.373 e. The van der Waals surface area contributed by atoms with Crippen molar-refractivity contribution in [1.29, 1.82) is 0 Å². The Kier molecular flexibility index (Phi) is 6.09. The van der Waals surface area contributed by atoms with Crippen molar-refractivity contribution in [2.45, 2.75) is 65.0 Å². The van der Waals surface area contributed by atoms with E-state index in [1.165, 1.54) is 25.8 Å². The van der Waals surface area contributed by atoms with E-state index in [1.807, 2.05) is 0 Å². The molecular formula is C15H32N2O. The van der Waals surface area contributed by atoms with E-state index in [1.54, 1.807) is 0 Å². The monoisotopic (exact) mass is 256 g/mol. The molecule has 0 aliphatic carbocycles. The first kappa shape index (κ1) is 15.9. The molecule has 1 saturated heterocycles. The highest BCUT2D eigenvalue weighted by Gasteiger charge is 2.26. The highest BCUT2D eigenvalue weighted by Crippen LogP contribution is 2.16. The number of rotatable bonds is 6. The molecule has 3 heteroatoms. The van der Waals surface area contributed by atoms with E-state index in [2.05, 4.69) is 44.8 Å². The lowest BCUT2D eigenvalue weighted by atomic mass is 10.1. The van der Waals surface area contributed by atoms with Gasteiger partial charge >= 0.3 is 0 Å². The molecule has 1 rings (SSSR count). The first-order valence-corrected chi connectivity index (χ1v) is 7.40. The zero-order valence-corrected chi connectivity index (χ0v) is 13.0. The van der Waals surface area contributed by atoms with Crippen LogP contribution in [0.25, 0.3) is 0 Å². The minimum absolute atomic E-state index is 0.0477. The van der Waals surface area contributed by atoms with E-state index in [-0.39, 0.29) is 11.1 Å². The molecule has 0 spiro atoms. The normalized spacial score (nSPS) is 21.2. The third-order valence-electron chi connectivity index (χ3n) is 3.31. The van der Waals surface area contributed by atoms with E-state index < -0.39 is 0 Å². The molecule has 18 heavy (non-hydrogen) atoms. The van der Waals surface area contributed by atoms with E-state index >= 15 is 0 Å². The van der Waals surface area contributed by atoms with Crippen molar-refractivity contribution in [2.24, 2.45) is 0 Å². The van der Waals surface area contributed by atoms with Crippen molar-refractivity contribution in [3.05, 3.63) is 0 Å². The van der Waals surface area contributed by atoms with Gasteiger partial charge < -0.3 is 10.1 Å². The van der Waals surface area contributed by atoms with E-state index in [0.717, 1.165) is 26.2 Å². The molecule has 1 aliphatic rings. The number of unbranched alkanes of at least 4 members (excludes halogenated alkanes) is 2. The highest BCUT2D eigenvalue weighted by molar-refractivity contribution is 4.79. The fraction of sp³-hybridized carbons (Fsp3) is 1.00. The summed E-state index contributed by atoms with van der Waals surface area (Å²) >= 11 is 0. The molecule has 0 amide bonds. The first-order valence-electron chi connectivity index (χ1n) is 7.40. The van der Waals surface area contributed by atoms with Gasteiger partial charge in [0.25, 0.3) is 0 Å². The second-order valence-corrected chi connectivity index (χ2v) is 7.12. The van der Waals surface area contributed by atoms with Crippen molar-refractivity contribution >= 4 is 0 Å². The van der Waals surface area contributed by atoms with Crippen LogP contribution in [0.2, 0.25) is 0 Å². The lowest BCUT2D eigenvalue weighted by Gasteiger charge is -2.38. The third-order valence-corrected chi connectivity index (χ3v) is 3.31. The lowest BCUT2D eigenvalue weighted by Crippen LogP contribution is -2.48. The van der Waals surface area contributed by atoms with Gasteiger partial charge in [0, 0.05) is 18.6 Å². The summed E-state index contributed by atoms with van der Waals surface area (Å²) in [6, 6.07) is 0. The van der Waals surface area contributed by atoms with Gasteiger partial charge in [0.05, 0.1) is 12.2 Å². The third kappa shape index (κ3) is 7.34.